The highest BCUT2D eigenvalue weighted by Crippen LogP contribution is 2.62. The summed E-state index contributed by atoms with van der Waals surface area (Å²) in [5.74, 6) is 2.26. The molecule has 1 aromatic heterocycles. The van der Waals surface area contributed by atoms with E-state index < -0.39 is 0 Å². The molecule has 2 aliphatic rings. The molecule has 3 atom stereocenters. The Kier molecular flexibility index (Phi) is 2.64. The molecule has 0 saturated heterocycles. The molecule has 0 aliphatic heterocycles. The lowest BCUT2D eigenvalue weighted by Gasteiger charge is -2.16. The van der Waals surface area contributed by atoms with Crippen molar-refractivity contribution < 1.29 is 5.11 Å². The van der Waals surface area contributed by atoms with Crippen LogP contribution in [0.2, 0.25) is 0 Å². The van der Waals surface area contributed by atoms with E-state index >= 15 is 0 Å². The average molecular weight is 250 g/mol. The third kappa shape index (κ3) is 1.96. The van der Waals surface area contributed by atoms with E-state index in [1.165, 1.54) is 29.0 Å². The smallest absolute Gasteiger partial charge is 0.0915 e. The molecule has 1 heterocycles. The minimum atomic E-state index is -0.189. The highest BCUT2D eigenvalue weighted by atomic mass is 32.1. The Bertz CT molecular complexity index is 405. The van der Waals surface area contributed by atoms with Gasteiger partial charge in [-0.2, -0.15) is 0 Å². The van der Waals surface area contributed by atoms with Crippen molar-refractivity contribution in [2.24, 2.45) is 17.8 Å². The summed E-state index contributed by atoms with van der Waals surface area (Å²) >= 11 is 1.80. The van der Waals surface area contributed by atoms with Crippen molar-refractivity contribution in [3.63, 3.8) is 0 Å². The number of fused-ring (bicyclic) bond motifs is 1. The van der Waals surface area contributed by atoms with Crippen LogP contribution in [0.25, 0.3) is 0 Å². The molecule has 2 heteroatoms. The van der Waals surface area contributed by atoms with Gasteiger partial charge in [0.25, 0.3) is 0 Å². The third-order valence-corrected chi connectivity index (χ3v) is 6.08. The minimum absolute atomic E-state index is 0.189. The van der Waals surface area contributed by atoms with Crippen LogP contribution in [0.5, 0.6) is 0 Å². The Morgan fingerprint density at radius 3 is 2.41 bits per heavy atom. The zero-order valence-electron chi connectivity index (χ0n) is 10.9. The van der Waals surface area contributed by atoms with Crippen molar-refractivity contribution in [3.8, 4) is 0 Å². The summed E-state index contributed by atoms with van der Waals surface area (Å²) in [5.41, 5.74) is 0.210. The Morgan fingerprint density at radius 1 is 1.24 bits per heavy atom. The van der Waals surface area contributed by atoms with Crippen LogP contribution in [-0.2, 0) is 5.41 Å². The molecule has 1 N–H and O–H groups in total. The summed E-state index contributed by atoms with van der Waals surface area (Å²) in [5, 5.41) is 10.5. The van der Waals surface area contributed by atoms with Gasteiger partial charge in [-0.25, -0.2) is 0 Å². The second-order valence-electron chi connectivity index (χ2n) is 6.73. The zero-order valence-corrected chi connectivity index (χ0v) is 11.8. The lowest BCUT2D eigenvalue weighted by molar-refractivity contribution is 0.141. The van der Waals surface area contributed by atoms with Gasteiger partial charge in [-0.05, 0) is 48.1 Å². The summed E-state index contributed by atoms with van der Waals surface area (Å²) in [6.45, 7) is 6.71. The van der Waals surface area contributed by atoms with Gasteiger partial charge >= 0.3 is 0 Å². The fraction of sp³-hybridized carbons (Fsp3) is 0.733. The van der Waals surface area contributed by atoms with Crippen molar-refractivity contribution >= 4 is 11.3 Å². The molecule has 2 saturated carbocycles. The lowest BCUT2D eigenvalue weighted by Crippen LogP contribution is -2.08. The van der Waals surface area contributed by atoms with Gasteiger partial charge < -0.3 is 5.11 Å². The number of hydrogen-bond acceptors (Lipinski definition) is 2. The second-order valence-corrected chi connectivity index (χ2v) is 7.85. The first-order chi connectivity index (χ1) is 7.98. The van der Waals surface area contributed by atoms with Crippen LogP contribution in [-0.4, -0.2) is 5.11 Å². The topological polar surface area (TPSA) is 20.2 Å². The summed E-state index contributed by atoms with van der Waals surface area (Å²) in [6.07, 6.45) is 3.90. The monoisotopic (exact) mass is 250 g/mol. The lowest BCUT2D eigenvalue weighted by atomic mass is 9.95. The van der Waals surface area contributed by atoms with Crippen LogP contribution in [0.3, 0.4) is 0 Å². The number of hydrogen-bond donors (Lipinski definition) is 1. The molecule has 3 rings (SSSR count). The van der Waals surface area contributed by atoms with Crippen LogP contribution in [0.1, 0.15) is 55.9 Å². The van der Waals surface area contributed by atoms with Crippen LogP contribution in [0, 0.1) is 17.8 Å². The van der Waals surface area contributed by atoms with E-state index in [1.54, 1.807) is 11.3 Å². The molecule has 1 aromatic rings. The summed E-state index contributed by atoms with van der Waals surface area (Å²) < 4.78 is 0. The number of rotatable bonds is 2. The first-order valence-electron chi connectivity index (χ1n) is 6.77. The fourth-order valence-corrected chi connectivity index (χ4v) is 4.56. The van der Waals surface area contributed by atoms with Gasteiger partial charge in [0.15, 0.2) is 0 Å². The Balaban J connectivity index is 1.74. The van der Waals surface area contributed by atoms with E-state index in [9.17, 15) is 5.11 Å². The third-order valence-electron chi connectivity index (χ3n) is 4.49. The number of aliphatic hydroxyl groups excluding tert-OH is 1. The van der Waals surface area contributed by atoms with Gasteiger partial charge in [0.05, 0.1) is 6.10 Å². The highest BCUT2D eigenvalue weighted by molar-refractivity contribution is 7.12. The molecule has 94 valence electrons. The Labute approximate surface area is 108 Å². The van der Waals surface area contributed by atoms with Gasteiger partial charge in [-0.15, -0.1) is 11.3 Å². The molecule has 1 nitrogen and oxygen atoms in total. The van der Waals surface area contributed by atoms with Crippen molar-refractivity contribution in [2.45, 2.75) is 51.6 Å². The molecule has 0 radical (unpaired) electrons. The summed E-state index contributed by atoms with van der Waals surface area (Å²) in [7, 11) is 0. The highest BCUT2D eigenvalue weighted by Gasteiger charge is 2.56. The van der Waals surface area contributed by atoms with E-state index in [1.807, 2.05) is 0 Å². The van der Waals surface area contributed by atoms with E-state index in [0.717, 1.165) is 11.8 Å². The molecule has 0 bridgehead atoms. The van der Waals surface area contributed by atoms with Gasteiger partial charge in [0.2, 0.25) is 0 Å². The molecule has 0 aromatic carbocycles. The predicted octanol–water partition coefficient (Wildman–Crippen LogP) is 4.13. The maximum absolute atomic E-state index is 10.5. The normalized spacial score (nSPS) is 33.5. The van der Waals surface area contributed by atoms with Crippen molar-refractivity contribution in [1.82, 2.24) is 0 Å². The van der Waals surface area contributed by atoms with Crippen molar-refractivity contribution in [2.75, 3.05) is 0 Å². The van der Waals surface area contributed by atoms with Gasteiger partial charge in [-0.3, -0.25) is 0 Å². The SMILES string of the molecule is CC(C)(C)c1ccc(C(O)C2C3CCCC32)s1. The Hall–Kier alpha value is -0.340. The molecular weight excluding hydrogens is 228 g/mol. The molecule has 2 aliphatic carbocycles. The quantitative estimate of drug-likeness (QED) is 0.837. The van der Waals surface area contributed by atoms with Gasteiger partial charge in [0.1, 0.15) is 0 Å². The molecule has 3 unspecified atom stereocenters. The van der Waals surface area contributed by atoms with Crippen LogP contribution >= 0.6 is 11.3 Å². The maximum atomic E-state index is 10.5. The molecule has 17 heavy (non-hydrogen) atoms. The molecule has 2 fully saturated rings. The van der Waals surface area contributed by atoms with Crippen LogP contribution in [0.15, 0.2) is 12.1 Å². The van der Waals surface area contributed by atoms with E-state index in [-0.39, 0.29) is 11.5 Å². The predicted molar refractivity (Wildman–Crippen MR) is 72.3 cm³/mol. The largest absolute Gasteiger partial charge is 0.387 e. The molecule has 0 spiro atoms. The standard InChI is InChI=1S/C15H22OS/c1-15(2,3)12-8-7-11(17-12)14(16)13-9-5-4-6-10(9)13/h7-10,13-14,16H,4-6H2,1-3H3. The zero-order chi connectivity index (χ0) is 12.2. The Morgan fingerprint density at radius 2 is 1.88 bits per heavy atom. The van der Waals surface area contributed by atoms with E-state index in [4.69, 9.17) is 0 Å². The molecule has 0 amide bonds. The van der Waals surface area contributed by atoms with Crippen LogP contribution in [0.4, 0.5) is 0 Å². The summed E-state index contributed by atoms with van der Waals surface area (Å²) in [6, 6.07) is 4.34. The summed E-state index contributed by atoms with van der Waals surface area (Å²) in [4.78, 5) is 2.58. The maximum Gasteiger partial charge on any atom is 0.0915 e. The van der Waals surface area contributed by atoms with Crippen molar-refractivity contribution in [1.29, 1.82) is 0 Å². The molecular formula is C15H22OS. The second kappa shape index (κ2) is 3.83. The minimum Gasteiger partial charge on any atom is -0.387 e. The first kappa shape index (κ1) is 11.7. The van der Waals surface area contributed by atoms with E-state index in [0.29, 0.717) is 5.92 Å². The van der Waals surface area contributed by atoms with Gasteiger partial charge in [-0.1, -0.05) is 27.2 Å². The fourth-order valence-electron chi connectivity index (χ4n) is 3.45. The van der Waals surface area contributed by atoms with Gasteiger partial charge in [0, 0.05) is 9.75 Å². The van der Waals surface area contributed by atoms with Crippen molar-refractivity contribution in [3.05, 3.63) is 21.9 Å². The first-order valence-corrected chi connectivity index (χ1v) is 7.58. The van der Waals surface area contributed by atoms with E-state index in [2.05, 4.69) is 32.9 Å². The average Bonchev–Trinajstić information content (AvgIpc) is 2.74. The number of thiophene rings is 1. The number of aliphatic hydroxyl groups is 1. The van der Waals surface area contributed by atoms with Crippen LogP contribution < -0.4 is 0 Å².